The number of nitrogens with zero attached hydrogens (tertiary/aromatic N) is 2. The van der Waals surface area contributed by atoms with Gasteiger partial charge in [0, 0.05) is 12.1 Å². The Morgan fingerprint density at radius 3 is 2.59 bits per heavy atom. The minimum absolute atomic E-state index is 0.0616. The van der Waals surface area contributed by atoms with Gasteiger partial charge in [-0.3, -0.25) is 19.8 Å². The molecule has 162 valence electrons. The van der Waals surface area contributed by atoms with Gasteiger partial charge in [0.25, 0.3) is 11.6 Å². The van der Waals surface area contributed by atoms with E-state index in [9.17, 15) is 19.3 Å². The summed E-state index contributed by atoms with van der Waals surface area (Å²) in [6, 6.07) is 10.3. The number of hydrogen-bond acceptors (Lipinski definition) is 6. The average molecular weight is 489 g/mol. The van der Waals surface area contributed by atoms with E-state index < -0.39 is 16.6 Å². The number of thioether (sulfide) groups is 1. The topological polar surface area (TPSA) is 76.6 Å². The molecule has 0 atom stereocenters. The van der Waals surface area contributed by atoms with Gasteiger partial charge in [0.2, 0.25) is 0 Å². The fourth-order valence-corrected chi connectivity index (χ4v) is 4.62. The summed E-state index contributed by atoms with van der Waals surface area (Å²) >= 11 is 12.2. The molecule has 10 heteroatoms. The number of nitro benzene ring substituents is 1. The molecular weight excluding hydrogens is 475 g/mol. The van der Waals surface area contributed by atoms with Crippen LogP contribution in [0, 0.1) is 29.8 Å². The smallest absolute Gasteiger partial charge is 0.280 e. The molecule has 1 aromatic heterocycles. The van der Waals surface area contributed by atoms with Crippen LogP contribution in [0.15, 0.2) is 51.8 Å². The predicted molar refractivity (Wildman–Crippen MR) is 127 cm³/mol. The maximum atomic E-state index is 13.5. The van der Waals surface area contributed by atoms with Gasteiger partial charge >= 0.3 is 0 Å². The van der Waals surface area contributed by atoms with Gasteiger partial charge in [-0.1, -0.05) is 35.6 Å². The molecule has 1 fully saturated rings. The number of furan rings is 1. The Morgan fingerprint density at radius 2 is 1.91 bits per heavy atom. The van der Waals surface area contributed by atoms with Crippen molar-refractivity contribution in [3.8, 4) is 11.3 Å². The highest BCUT2D eigenvalue weighted by Gasteiger charge is 2.34. The summed E-state index contributed by atoms with van der Waals surface area (Å²) in [6.45, 7) is 3.66. The van der Waals surface area contributed by atoms with Gasteiger partial charge in [-0.2, -0.15) is 0 Å². The van der Waals surface area contributed by atoms with Crippen molar-refractivity contribution < 1.29 is 18.5 Å². The average Bonchev–Trinajstić information content (AvgIpc) is 3.30. The molecule has 0 radical (unpaired) electrons. The summed E-state index contributed by atoms with van der Waals surface area (Å²) in [6.07, 6.45) is 1.51. The Kier molecular flexibility index (Phi) is 5.89. The predicted octanol–water partition coefficient (Wildman–Crippen LogP) is 6.67. The molecule has 1 aliphatic rings. The van der Waals surface area contributed by atoms with E-state index in [4.69, 9.17) is 28.2 Å². The molecule has 1 amide bonds. The van der Waals surface area contributed by atoms with Crippen molar-refractivity contribution in [3.05, 3.63) is 85.2 Å². The van der Waals surface area contributed by atoms with Gasteiger partial charge in [0.15, 0.2) is 4.32 Å². The molecule has 2 aromatic carbocycles. The first-order valence-corrected chi connectivity index (χ1v) is 10.8. The van der Waals surface area contributed by atoms with Crippen molar-refractivity contribution >= 4 is 63.3 Å². The van der Waals surface area contributed by atoms with Gasteiger partial charge in [0.05, 0.1) is 26.1 Å². The molecule has 0 saturated carbocycles. The number of rotatable bonds is 4. The van der Waals surface area contributed by atoms with Crippen LogP contribution in [0.4, 0.5) is 15.8 Å². The van der Waals surface area contributed by atoms with E-state index in [1.165, 1.54) is 29.2 Å². The van der Waals surface area contributed by atoms with Gasteiger partial charge < -0.3 is 4.42 Å². The first-order valence-electron chi connectivity index (χ1n) is 9.24. The number of anilines is 1. The molecule has 0 N–H and O–H groups in total. The van der Waals surface area contributed by atoms with Gasteiger partial charge in [-0.25, -0.2) is 4.39 Å². The number of halogens is 2. The number of carbonyl (C=O) groups excluding carboxylic acids is 1. The van der Waals surface area contributed by atoms with Crippen LogP contribution >= 0.6 is 35.6 Å². The lowest BCUT2D eigenvalue weighted by Crippen LogP contribution is -2.27. The summed E-state index contributed by atoms with van der Waals surface area (Å²) in [4.78, 5) is 25.5. The van der Waals surface area contributed by atoms with E-state index in [2.05, 4.69) is 0 Å². The molecule has 0 aliphatic carbocycles. The molecule has 32 heavy (non-hydrogen) atoms. The number of benzene rings is 2. The van der Waals surface area contributed by atoms with Gasteiger partial charge in [-0.15, -0.1) is 0 Å². The maximum Gasteiger partial charge on any atom is 0.280 e. The van der Waals surface area contributed by atoms with E-state index in [1.54, 1.807) is 25.1 Å². The summed E-state index contributed by atoms with van der Waals surface area (Å²) in [5.41, 5.74) is 2.34. The minimum atomic E-state index is -0.597. The zero-order chi connectivity index (χ0) is 23.2. The number of hydrogen-bond donors (Lipinski definition) is 0. The number of thiocarbonyl (C=S) groups is 1. The second-order valence-electron chi connectivity index (χ2n) is 7.03. The zero-order valence-corrected chi connectivity index (χ0v) is 19.1. The van der Waals surface area contributed by atoms with Crippen LogP contribution in [0.2, 0.25) is 5.02 Å². The van der Waals surface area contributed by atoms with Crippen molar-refractivity contribution in [2.24, 2.45) is 0 Å². The Labute approximate surface area is 196 Å². The molecule has 6 nitrogen and oxygen atoms in total. The van der Waals surface area contributed by atoms with Crippen LogP contribution in [-0.4, -0.2) is 15.2 Å². The first kappa shape index (κ1) is 22.2. The van der Waals surface area contributed by atoms with E-state index in [-0.39, 0.29) is 15.0 Å². The highest BCUT2D eigenvalue weighted by atomic mass is 35.5. The lowest BCUT2D eigenvalue weighted by molar-refractivity contribution is -0.384. The van der Waals surface area contributed by atoms with Gasteiger partial charge in [-0.05, 0) is 61.4 Å². The summed E-state index contributed by atoms with van der Waals surface area (Å²) < 4.78 is 19.5. The normalized spacial score (nSPS) is 15.1. The maximum absolute atomic E-state index is 13.5. The largest absolute Gasteiger partial charge is 0.456 e. The van der Waals surface area contributed by atoms with Crippen molar-refractivity contribution in [1.29, 1.82) is 0 Å². The standard InChI is InChI=1S/C22H14ClFN2O4S2/c1-11-7-15(18(26(28)29)8-12(11)2)19-6-4-14(30-19)10-20-21(27)25(22(31)32-20)13-3-5-17(24)16(23)9-13/h3-10H,1-2H3/b20-10-. The SMILES string of the molecule is Cc1cc(-c2ccc(/C=C3\SC(=S)N(c4ccc(F)c(Cl)c4)C3=O)o2)c([N+](=O)[O-])cc1C. The molecule has 1 saturated heterocycles. The molecule has 0 bridgehead atoms. The first-order chi connectivity index (χ1) is 15.2. The second kappa shape index (κ2) is 8.50. The molecule has 1 aliphatic heterocycles. The van der Waals surface area contributed by atoms with E-state index in [1.807, 2.05) is 6.92 Å². The number of carbonyl (C=O) groups is 1. The molecule has 0 spiro atoms. The lowest BCUT2D eigenvalue weighted by atomic mass is 10.0. The van der Waals surface area contributed by atoms with Crippen LogP contribution < -0.4 is 4.90 Å². The van der Waals surface area contributed by atoms with Crippen LogP contribution in [0.25, 0.3) is 17.4 Å². The minimum Gasteiger partial charge on any atom is -0.456 e. The molecule has 4 rings (SSSR count). The van der Waals surface area contributed by atoms with Crippen LogP contribution in [0.1, 0.15) is 16.9 Å². The highest BCUT2D eigenvalue weighted by Crippen LogP contribution is 2.38. The third kappa shape index (κ3) is 4.06. The second-order valence-corrected chi connectivity index (χ2v) is 9.11. The lowest BCUT2D eigenvalue weighted by Gasteiger charge is -2.14. The monoisotopic (exact) mass is 488 g/mol. The summed E-state index contributed by atoms with van der Waals surface area (Å²) in [7, 11) is 0. The molecule has 3 aromatic rings. The number of nitro groups is 1. The fraction of sp³-hybridized carbons (Fsp3) is 0.0909. The number of aryl methyl sites for hydroxylation is 2. The van der Waals surface area contributed by atoms with Crippen LogP contribution in [0.3, 0.4) is 0 Å². The Bertz CT molecular complexity index is 1340. The van der Waals surface area contributed by atoms with Crippen LogP contribution in [-0.2, 0) is 4.79 Å². The molecular formula is C22H14ClFN2O4S2. The number of amides is 1. The molecule has 0 unspecified atom stereocenters. The third-order valence-electron chi connectivity index (χ3n) is 4.93. The van der Waals surface area contributed by atoms with E-state index >= 15 is 0 Å². The van der Waals surface area contributed by atoms with Crippen molar-refractivity contribution in [2.45, 2.75) is 13.8 Å². The Hall–Kier alpha value is -3.01. The van der Waals surface area contributed by atoms with E-state index in [0.717, 1.165) is 29.0 Å². The Balaban J connectivity index is 1.66. The zero-order valence-electron chi connectivity index (χ0n) is 16.7. The van der Waals surface area contributed by atoms with Crippen molar-refractivity contribution in [3.63, 3.8) is 0 Å². The molecule has 2 heterocycles. The van der Waals surface area contributed by atoms with Crippen LogP contribution in [0.5, 0.6) is 0 Å². The quantitative estimate of drug-likeness (QED) is 0.177. The fourth-order valence-electron chi connectivity index (χ4n) is 3.17. The third-order valence-corrected chi connectivity index (χ3v) is 6.52. The van der Waals surface area contributed by atoms with Crippen molar-refractivity contribution in [1.82, 2.24) is 0 Å². The van der Waals surface area contributed by atoms with Crippen molar-refractivity contribution in [2.75, 3.05) is 4.90 Å². The van der Waals surface area contributed by atoms with E-state index in [0.29, 0.717) is 27.7 Å². The summed E-state index contributed by atoms with van der Waals surface area (Å²) in [5.74, 6) is -0.352. The Morgan fingerprint density at radius 1 is 1.19 bits per heavy atom. The summed E-state index contributed by atoms with van der Waals surface area (Å²) in [5, 5.41) is 11.4. The van der Waals surface area contributed by atoms with Gasteiger partial charge in [0.1, 0.15) is 17.3 Å². The highest BCUT2D eigenvalue weighted by molar-refractivity contribution is 8.27.